The molecule has 116 valence electrons. The number of rotatable bonds is 8. The van der Waals surface area contributed by atoms with E-state index in [0.29, 0.717) is 18.8 Å². The highest BCUT2D eigenvalue weighted by atomic mass is 16.5. The van der Waals surface area contributed by atoms with E-state index < -0.39 is 30.3 Å². The number of ether oxygens (including phenoxy) is 2. The number of esters is 1. The van der Waals surface area contributed by atoms with Crippen LogP contribution in [0.5, 0.6) is 0 Å². The maximum absolute atomic E-state index is 12.1. The fourth-order valence-electron chi connectivity index (χ4n) is 1.69. The standard InChI is InChI=1S/C13H18N2O6/c1-20-7-6-15-5-3-4-10(15)12(17)14-9(13(18)19)8-11(16)21-2/h3-5,9H,6-8H2,1-2H3,(H,14,17)(H,18,19)/t9-/m0/s1. The molecule has 0 fully saturated rings. The smallest absolute Gasteiger partial charge is 0.326 e. The average molecular weight is 298 g/mol. The van der Waals surface area contributed by atoms with Crippen molar-refractivity contribution in [2.24, 2.45) is 0 Å². The first-order valence-corrected chi connectivity index (χ1v) is 6.24. The van der Waals surface area contributed by atoms with Crippen LogP contribution in [0.15, 0.2) is 18.3 Å². The molecule has 0 aliphatic carbocycles. The molecule has 0 radical (unpaired) electrons. The van der Waals surface area contributed by atoms with Gasteiger partial charge >= 0.3 is 11.9 Å². The lowest BCUT2D eigenvalue weighted by Gasteiger charge is -2.14. The zero-order chi connectivity index (χ0) is 15.8. The van der Waals surface area contributed by atoms with E-state index in [0.717, 1.165) is 7.11 Å². The minimum Gasteiger partial charge on any atom is -0.480 e. The lowest BCUT2D eigenvalue weighted by molar-refractivity contribution is -0.147. The van der Waals surface area contributed by atoms with Gasteiger partial charge in [0.1, 0.15) is 11.7 Å². The summed E-state index contributed by atoms with van der Waals surface area (Å²) in [6.45, 7) is 0.875. The fraction of sp³-hybridized carbons (Fsp3) is 0.462. The molecule has 21 heavy (non-hydrogen) atoms. The lowest BCUT2D eigenvalue weighted by atomic mass is 10.2. The predicted molar refractivity (Wildman–Crippen MR) is 71.8 cm³/mol. The molecular formula is C13H18N2O6. The molecule has 8 nitrogen and oxygen atoms in total. The van der Waals surface area contributed by atoms with E-state index in [1.54, 1.807) is 30.0 Å². The number of amides is 1. The molecule has 8 heteroatoms. The first-order chi connectivity index (χ1) is 9.99. The third-order valence-electron chi connectivity index (χ3n) is 2.80. The number of nitrogens with zero attached hydrogens (tertiary/aromatic N) is 1. The highest BCUT2D eigenvalue weighted by Crippen LogP contribution is 2.04. The largest absolute Gasteiger partial charge is 0.480 e. The number of carbonyl (C=O) groups is 3. The van der Waals surface area contributed by atoms with Gasteiger partial charge in [0.25, 0.3) is 5.91 Å². The summed E-state index contributed by atoms with van der Waals surface area (Å²) < 4.78 is 11.0. The lowest BCUT2D eigenvalue weighted by Crippen LogP contribution is -2.43. The number of carboxylic acid groups (broad SMARTS) is 1. The van der Waals surface area contributed by atoms with Crippen LogP contribution in [0.3, 0.4) is 0 Å². The second-order valence-electron chi connectivity index (χ2n) is 4.22. The summed E-state index contributed by atoms with van der Waals surface area (Å²) in [5.41, 5.74) is 0.295. The van der Waals surface area contributed by atoms with Crippen molar-refractivity contribution in [2.45, 2.75) is 19.0 Å². The SMILES string of the molecule is COCCn1cccc1C(=O)N[C@@H](CC(=O)OC)C(=O)O. The Morgan fingerprint density at radius 2 is 2.10 bits per heavy atom. The van der Waals surface area contributed by atoms with Crippen LogP contribution in [0.25, 0.3) is 0 Å². The fourth-order valence-corrected chi connectivity index (χ4v) is 1.69. The highest BCUT2D eigenvalue weighted by molar-refractivity contribution is 5.96. The van der Waals surface area contributed by atoms with Gasteiger partial charge in [0.15, 0.2) is 0 Å². The molecule has 0 aliphatic rings. The summed E-state index contributed by atoms with van der Waals surface area (Å²) in [6, 6.07) is 1.89. The van der Waals surface area contributed by atoms with Crippen molar-refractivity contribution in [3.05, 3.63) is 24.0 Å². The van der Waals surface area contributed by atoms with Crippen molar-refractivity contribution in [3.8, 4) is 0 Å². The third kappa shape index (κ3) is 4.92. The molecule has 0 spiro atoms. The van der Waals surface area contributed by atoms with Crippen molar-refractivity contribution in [1.29, 1.82) is 0 Å². The van der Waals surface area contributed by atoms with Gasteiger partial charge in [-0.15, -0.1) is 0 Å². The summed E-state index contributed by atoms with van der Waals surface area (Å²) in [5.74, 6) is -2.59. The normalized spacial score (nSPS) is 11.7. The van der Waals surface area contributed by atoms with Gasteiger partial charge in [-0.2, -0.15) is 0 Å². The van der Waals surface area contributed by atoms with E-state index in [1.165, 1.54) is 0 Å². The predicted octanol–water partition coefficient (Wildman–Crippen LogP) is -0.119. The summed E-state index contributed by atoms with van der Waals surface area (Å²) in [7, 11) is 2.69. The average Bonchev–Trinajstić information content (AvgIpc) is 2.92. The van der Waals surface area contributed by atoms with Gasteiger partial charge in [-0.3, -0.25) is 9.59 Å². The second kappa shape index (κ2) is 8.05. The van der Waals surface area contributed by atoms with Gasteiger partial charge in [-0.05, 0) is 12.1 Å². The van der Waals surface area contributed by atoms with E-state index in [-0.39, 0.29) is 0 Å². The quantitative estimate of drug-likeness (QED) is 0.648. The van der Waals surface area contributed by atoms with Gasteiger partial charge in [0.05, 0.1) is 20.1 Å². The molecule has 1 aromatic rings. The Morgan fingerprint density at radius 3 is 2.67 bits per heavy atom. The number of hydrogen-bond donors (Lipinski definition) is 2. The Hall–Kier alpha value is -2.35. The number of carboxylic acids is 1. The Kier molecular flexibility index (Phi) is 6.41. The van der Waals surface area contributed by atoms with Gasteiger partial charge in [0, 0.05) is 19.9 Å². The molecule has 0 aliphatic heterocycles. The van der Waals surface area contributed by atoms with Gasteiger partial charge in [-0.1, -0.05) is 0 Å². The number of aromatic nitrogens is 1. The number of hydrogen-bond acceptors (Lipinski definition) is 5. The Bertz CT molecular complexity index is 511. The van der Waals surface area contributed by atoms with Crippen LogP contribution in [0.1, 0.15) is 16.9 Å². The van der Waals surface area contributed by atoms with E-state index >= 15 is 0 Å². The Labute approximate surface area is 121 Å². The minimum absolute atomic E-state index is 0.295. The van der Waals surface area contributed by atoms with Crippen molar-refractivity contribution in [1.82, 2.24) is 9.88 Å². The van der Waals surface area contributed by atoms with Crippen LogP contribution in [0.4, 0.5) is 0 Å². The first-order valence-electron chi connectivity index (χ1n) is 6.24. The first kappa shape index (κ1) is 16.7. The Balaban J connectivity index is 2.75. The summed E-state index contributed by atoms with van der Waals surface area (Å²) in [5, 5.41) is 11.3. The number of nitrogens with one attached hydrogen (secondary N) is 1. The molecule has 2 N–H and O–H groups in total. The third-order valence-corrected chi connectivity index (χ3v) is 2.80. The molecule has 0 saturated heterocycles. The molecule has 1 amide bonds. The van der Waals surface area contributed by atoms with E-state index in [2.05, 4.69) is 10.1 Å². The molecule has 0 unspecified atom stereocenters. The molecule has 0 saturated carbocycles. The van der Waals surface area contributed by atoms with Crippen LogP contribution in [0, 0.1) is 0 Å². The van der Waals surface area contributed by atoms with E-state index in [9.17, 15) is 14.4 Å². The van der Waals surface area contributed by atoms with E-state index in [1.807, 2.05) is 0 Å². The highest BCUT2D eigenvalue weighted by Gasteiger charge is 2.25. The van der Waals surface area contributed by atoms with Crippen molar-refractivity contribution >= 4 is 17.8 Å². The van der Waals surface area contributed by atoms with Crippen LogP contribution < -0.4 is 5.32 Å². The molecule has 1 heterocycles. The molecule has 1 aromatic heterocycles. The van der Waals surface area contributed by atoms with Gasteiger partial charge in [0.2, 0.25) is 0 Å². The van der Waals surface area contributed by atoms with Gasteiger partial charge in [-0.25, -0.2) is 4.79 Å². The molecule has 0 bridgehead atoms. The zero-order valence-corrected chi connectivity index (χ0v) is 11.9. The summed E-state index contributed by atoms with van der Waals surface area (Å²) in [6.07, 6.45) is 1.25. The van der Waals surface area contributed by atoms with Crippen molar-refractivity contribution in [3.63, 3.8) is 0 Å². The second-order valence-corrected chi connectivity index (χ2v) is 4.22. The van der Waals surface area contributed by atoms with Gasteiger partial charge < -0.3 is 24.5 Å². The maximum atomic E-state index is 12.1. The summed E-state index contributed by atoms with van der Waals surface area (Å²) >= 11 is 0. The van der Waals surface area contributed by atoms with Crippen LogP contribution in [-0.2, 0) is 25.6 Å². The van der Waals surface area contributed by atoms with E-state index in [4.69, 9.17) is 9.84 Å². The number of aliphatic carboxylic acids is 1. The number of methoxy groups -OCH3 is 2. The molecule has 1 rings (SSSR count). The topological polar surface area (TPSA) is 107 Å². The molecule has 1 atom stereocenters. The molecular weight excluding hydrogens is 280 g/mol. The van der Waals surface area contributed by atoms with Crippen LogP contribution >= 0.6 is 0 Å². The van der Waals surface area contributed by atoms with Crippen molar-refractivity contribution < 1.29 is 29.0 Å². The number of carbonyl (C=O) groups excluding carboxylic acids is 2. The molecule has 0 aromatic carbocycles. The Morgan fingerprint density at radius 1 is 1.38 bits per heavy atom. The van der Waals surface area contributed by atoms with Crippen LogP contribution in [-0.4, -0.2) is 54.4 Å². The maximum Gasteiger partial charge on any atom is 0.326 e. The zero-order valence-electron chi connectivity index (χ0n) is 11.9. The summed E-state index contributed by atoms with van der Waals surface area (Å²) in [4.78, 5) is 34.3. The van der Waals surface area contributed by atoms with Crippen molar-refractivity contribution in [2.75, 3.05) is 20.8 Å². The van der Waals surface area contributed by atoms with Crippen LogP contribution in [0.2, 0.25) is 0 Å². The monoisotopic (exact) mass is 298 g/mol. The minimum atomic E-state index is -1.34.